The molecule has 3 rings (SSSR count). The van der Waals surface area contributed by atoms with Gasteiger partial charge in [-0.3, -0.25) is 24.5 Å². The predicted octanol–water partition coefficient (Wildman–Crippen LogP) is 0.591. The number of aromatic nitrogens is 4. The molecule has 122 valence electrons. The van der Waals surface area contributed by atoms with E-state index in [1.54, 1.807) is 18.4 Å². The second-order valence-corrected chi connectivity index (χ2v) is 5.73. The van der Waals surface area contributed by atoms with Gasteiger partial charge in [-0.05, 0) is 12.8 Å². The number of nitrogens with zero attached hydrogens (tertiary/aromatic N) is 3. The average molecular weight is 319 g/mol. The zero-order valence-corrected chi connectivity index (χ0v) is 12.8. The number of nitrogens with one attached hydrogen (secondary N) is 2. The van der Waals surface area contributed by atoms with Gasteiger partial charge < -0.3 is 9.53 Å². The first-order valence-electron chi connectivity index (χ1n) is 7.38. The molecule has 2 aromatic rings. The number of imidazole rings is 1. The first kappa shape index (κ1) is 15.3. The average Bonchev–Trinajstić information content (AvgIpc) is 3.12. The number of H-pyrrole nitrogens is 1. The SMILES string of the molecule is CC(C)C(=O)Nc1nc2c(ncn2[C@H]2CC[C@@H](C=O)O2)c(=O)[nH]1. The largest absolute Gasteiger partial charge is 0.347 e. The van der Waals surface area contributed by atoms with Crippen LogP contribution in [0, 0.1) is 5.92 Å². The molecular formula is C14H17N5O4. The summed E-state index contributed by atoms with van der Waals surface area (Å²) in [4.78, 5) is 45.4. The summed E-state index contributed by atoms with van der Waals surface area (Å²) in [7, 11) is 0. The van der Waals surface area contributed by atoms with Crippen molar-refractivity contribution >= 4 is 29.3 Å². The summed E-state index contributed by atoms with van der Waals surface area (Å²) in [5.74, 6) is -0.433. The Morgan fingerprint density at radius 1 is 1.52 bits per heavy atom. The first-order chi connectivity index (χ1) is 11.0. The number of aromatic amines is 1. The van der Waals surface area contributed by atoms with Crippen LogP contribution in [-0.2, 0) is 14.3 Å². The topological polar surface area (TPSA) is 119 Å². The molecule has 0 radical (unpaired) electrons. The minimum Gasteiger partial charge on any atom is -0.347 e. The summed E-state index contributed by atoms with van der Waals surface area (Å²) >= 11 is 0. The molecule has 9 heteroatoms. The van der Waals surface area contributed by atoms with Gasteiger partial charge in [-0.25, -0.2) is 4.98 Å². The molecule has 23 heavy (non-hydrogen) atoms. The molecule has 2 aromatic heterocycles. The minimum atomic E-state index is -0.459. The second-order valence-electron chi connectivity index (χ2n) is 5.73. The maximum atomic E-state index is 12.1. The van der Waals surface area contributed by atoms with E-state index in [1.807, 2.05) is 0 Å². The molecule has 2 atom stereocenters. The number of hydrogen-bond acceptors (Lipinski definition) is 6. The third kappa shape index (κ3) is 2.87. The number of ether oxygens (including phenoxy) is 1. The lowest BCUT2D eigenvalue weighted by molar-refractivity contribution is -0.119. The predicted molar refractivity (Wildman–Crippen MR) is 80.8 cm³/mol. The summed E-state index contributed by atoms with van der Waals surface area (Å²) in [5, 5.41) is 2.56. The van der Waals surface area contributed by atoms with Gasteiger partial charge in [0.25, 0.3) is 5.56 Å². The van der Waals surface area contributed by atoms with Crippen LogP contribution in [0.4, 0.5) is 5.95 Å². The molecule has 1 fully saturated rings. The molecule has 3 heterocycles. The van der Waals surface area contributed by atoms with Gasteiger partial charge in [-0.15, -0.1) is 0 Å². The van der Waals surface area contributed by atoms with Crippen LogP contribution in [0.15, 0.2) is 11.1 Å². The van der Waals surface area contributed by atoms with Gasteiger partial charge in [0, 0.05) is 5.92 Å². The van der Waals surface area contributed by atoms with Crippen molar-refractivity contribution in [2.24, 2.45) is 5.92 Å². The second kappa shape index (κ2) is 5.92. The summed E-state index contributed by atoms with van der Waals surface area (Å²) in [6.45, 7) is 3.48. The fourth-order valence-electron chi connectivity index (χ4n) is 2.41. The summed E-state index contributed by atoms with van der Waals surface area (Å²) in [6, 6.07) is 0. The third-order valence-electron chi connectivity index (χ3n) is 3.69. The molecule has 1 aliphatic heterocycles. The molecule has 2 N–H and O–H groups in total. The molecule has 0 aromatic carbocycles. The number of carbonyl (C=O) groups excluding carboxylic acids is 2. The lowest BCUT2D eigenvalue weighted by Gasteiger charge is -2.13. The van der Waals surface area contributed by atoms with Crippen LogP contribution in [0.1, 0.15) is 32.9 Å². The van der Waals surface area contributed by atoms with Crippen molar-refractivity contribution in [3.8, 4) is 0 Å². The van der Waals surface area contributed by atoms with Gasteiger partial charge in [0.1, 0.15) is 18.6 Å². The Morgan fingerprint density at radius 3 is 2.96 bits per heavy atom. The number of aldehydes is 1. The van der Waals surface area contributed by atoms with Gasteiger partial charge in [0.2, 0.25) is 11.9 Å². The van der Waals surface area contributed by atoms with Crippen molar-refractivity contribution in [3.05, 3.63) is 16.7 Å². The number of anilines is 1. The van der Waals surface area contributed by atoms with Crippen molar-refractivity contribution in [2.75, 3.05) is 5.32 Å². The van der Waals surface area contributed by atoms with Crippen LogP contribution in [-0.4, -0.2) is 37.8 Å². The van der Waals surface area contributed by atoms with Crippen molar-refractivity contribution in [1.29, 1.82) is 0 Å². The Hall–Kier alpha value is -2.55. The fraction of sp³-hybridized carbons (Fsp3) is 0.500. The number of hydrogen-bond donors (Lipinski definition) is 2. The van der Waals surface area contributed by atoms with E-state index in [-0.39, 0.29) is 23.3 Å². The zero-order chi connectivity index (χ0) is 16.6. The van der Waals surface area contributed by atoms with Crippen LogP contribution in [0.3, 0.4) is 0 Å². The molecule has 1 saturated heterocycles. The highest BCUT2D eigenvalue weighted by Gasteiger charge is 2.28. The van der Waals surface area contributed by atoms with Crippen LogP contribution >= 0.6 is 0 Å². The zero-order valence-electron chi connectivity index (χ0n) is 12.8. The Bertz CT molecular complexity index is 809. The Balaban J connectivity index is 1.98. The van der Waals surface area contributed by atoms with E-state index in [0.717, 1.165) is 6.29 Å². The van der Waals surface area contributed by atoms with Crippen molar-refractivity contribution in [1.82, 2.24) is 19.5 Å². The highest BCUT2D eigenvalue weighted by atomic mass is 16.5. The summed E-state index contributed by atoms with van der Waals surface area (Å²) in [5.41, 5.74) is 0.0211. The number of fused-ring (bicyclic) bond motifs is 1. The number of amides is 1. The molecule has 0 spiro atoms. The number of rotatable bonds is 4. The molecule has 0 bridgehead atoms. The molecule has 9 nitrogen and oxygen atoms in total. The summed E-state index contributed by atoms with van der Waals surface area (Å²) in [6.07, 6.45) is 2.58. The van der Waals surface area contributed by atoms with E-state index < -0.39 is 17.9 Å². The maximum absolute atomic E-state index is 12.1. The smallest absolute Gasteiger partial charge is 0.280 e. The fourth-order valence-corrected chi connectivity index (χ4v) is 2.41. The minimum absolute atomic E-state index is 0.0629. The van der Waals surface area contributed by atoms with Gasteiger partial charge in [0.05, 0.1) is 6.33 Å². The molecule has 1 amide bonds. The van der Waals surface area contributed by atoms with Crippen LogP contribution < -0.4 is 10.9 Å². The van der Waals surface area contributed by atoms with Crippen molar-refractivity contribution < 1.29 is 14.3 Å². The highest BCUT2D eigenvalue weighted by Crippen LogP contribution is 2.29. The highest BCUT2D eigenvalue weighted by molar-refractivity contribution is 5.91. The first-order valence-corrected chi connectivity index (χ1v) is 7.38. The van der Waals surface area contributed by atoms with E-state index in [2.05, 4.69) is 20.3 Å². The Labute approximate surface area is 131 Å². The van der Waals surface area contributed by atoms with Crippen molar-refractivity contribution in [3.63, 3.8) is 0 Å². The standard InChI is InChI=1S/C14H17N5O4/c1-7(2)12(21)17-14-16-11-10(13(22)18-14)15-6-19(11)9-4-3-8(5-20)23-9/h5-9H,3-4H2,1-2H3,(H2,16,17,18,21,22)/t8-,9+/m0/s1. The van der Waals surface area contributed by atoms with E-state index in [0.29, 0.717) is 18.5 Å². The van der Waals surface area contributed by atoms with E-state index in [4.69, 9.17) is 4.74 Å². The monoisotopic (exact) mass is 319 g/mol. The quantitative estimate of drug-likeness (QED) is 0.796. The van der Waals surface area contributed by atoms with Gasteiger partial charge in [-0.2, -0.15) is 4.98 Å². The van der Waals surface area contributed by atoms with Crippen LogP contribution in [0.5, 0.6) is 0 Å². The van der Waals surface area contributed by atoms with Gasteiger partial charge in [-0.1, -0.05) is 13.8 Å². The number of carbonyl (C=O) groups is 2. The normalized spacial score (nSPS) is 21.0. The molecule has 0 aliphatic carbocycles. The van der Waals surface area contributed by atoms with E-state index in [1.165, 1.54) is 6.33 Å². The van der Waals surface area contributed by atoms with Gasteiger partial charge >= 0.3 is 0 Å². The third-order valence-corrected chi connectivity index (χ3v) is 3.69. The Kier molecular flexibility index (Phi) is 3.95. The lowest BCUT2D eigenvalue weighted by Crippen LogP contribution is -2.22. The van der Waals surface area contributed by atoms with E-state index >= 15 is 0 Å². The van der Waals surface area contributed by atoms with Crippen molar-refractivity contribution in [2.45, 2.75) is 39.0 Å². The molecular weight excluding hydrogens is 302 g/mol. The lowest BCUT2D eigenvalue weighted by atomic mass is 10.2. The van der Waals surface area contributed by atoms with Crippen LogP contribution in [0.25, 0.3) is 11.2 Å². The van der Waals surface area contributed by atoms with Gasteiger partial charge in [0.15, 0.2) is 11.2 Å². The summed E-state index contributed by atoms with van der Waals surface area (Å²) < 4.78 is 7.19. The van der Waals surface area contributed by atoms with Crippen LogP contribution in [0.2, 0.25) is 0 Å². The molecule has 0 unspecified atom stereocenters. The maximum Gasteiger partial charge on any atom is 0.280 e. The molecule has 0 saturated carbocycles. The molecule has 1 aliphatic rings. The van der Waals surface area contributed by atoms with E-state index in [9.17, 15) is 14.4 Å². The Morgan fingerprint density at radius 2 is 2.30 bits per heavy atom.